The number of hydrogen-bond acceptors (Lipinski definition) is 5. The van der Waals surface area contributed by atoms with Crippen LogP contribution in [0.25, 0.3) is 16.9 Å². The third-order valence-corrected chi connectivity index (χ3v) is 7.09. The van der Waals surface area contributed by atoms with Gasteiger partial charge in [0.25, 0.3) is 0 Å². The largest absolute Gasteiger partial charge is 0.496 e. The van der Waals surface area contributed by atoms with Crippen LogP contribution in [-0.2, 0) is 6.54 Å². The van der Waals surface area contributed by atoms with Crippen LogP contribution in [0, 0.1) is 5.82 Å². The zero-order chi connectivity index (χ0) is 25.1. The van der Waals surface area contributed by atoms with E-state index in [2.05, 4.69) is 22.8 Å². The van der Waals surface area contributed by atoms with Gasteiger partial charge < -0.3 is 24.5 Å². The molecule has 0 radical (unpaired) electrons. The van der Waals surface area contributed by atoms with Gasteiger partial charge in [-0.2, -0.15) is 0 Å². The van der Waals surface area contributed by atoms with Crippen LogP contribution < -0.4 is 20.1 Å². The number of pyridine rings is 1. The first-order chi connectivity index (χ1) is 17.5. The lowest BCUT2D eigenvalue weighted by molar-refractivity contribution is 0.352. The summed E-state index contributed by atoms with van der Waals surface area (Å²) in [5, 5.41) is 7.76. The van der Waals surface area contributed by atoms with Crippen molar-refractivity contribution in [1.29, 1.82) is 0 Å². The van der Waals surface area contributed by atoms with Gasteiger partial charge in [-0.25, -0.2) is 9.37 Å². The molecule has 0 unspecified atom stereocenters. The molecule has 0 amide bonds. The SMILES string of the molecule is COc1cc(OC)c(-c2cn3ccc(NC4CCC(NCc5cccc(F)c5)CC4)cc3n2)cc1Cl. The molecule has 5 rings (SSSR count). The fourth-order valence-corrected chi connectivity index (χ4v) is 5.09. The molecule has 0 atom stereocenters. The van der Waals surface area contributed by atoms with Gasteiger partial charge in [-0.1, -0.05) is 23.7 Å². The Morgan fingerprint density at radius 2 is 1.78 bits per heavy atom. The minimum atomic E-state index is -0.185. The summed E-state index contributed by atoms with van der Waals surface area (Å²) in [6.07, 6.45) is 8.30. The third kappa shape index (κ3) is 5.42. The molecule has 1 saturated carbocycles. The predicted octanol–water partition coefficient (Wildman–Crippen LogP) is 6.32. The highest BCUT2D eigenvalue weighted by Gasteiger charge is 2.21. The van der Waals surface area contributed by atoms with Crippen molar-refractivity contribution < 1.29 is 13.9 Å². The van der Waals surface area contributed by atoms with Gasteiger partial charge in [-0.15, -0.1) is 0 Å². The summed E-state index contributed by atoms with van der Waals surface area (Å²) >= 11 is 6.36. The number of rotatable bonds is 8. The van der Waals surface area contributed by atoms with Crippen molar-refractivity contribution in [2.45, 2.75) is 44.3 Å². The zero-order valence-corrected chi connectivity index (χ0v) is 21.2. The molecule has 2 aromatic heterocycles. The summed E-state index contributed by atoms with van der Waals surface area (Å²) in [4.78, 5) is 4.82. The molecule has 0 bridgehead atoms. The summed E-state index contributed by atoms with van der Waals surface area (Å²) in [5.74, 6) is 1.03. The molecule has 1 aliphatic carbocycles. The fraction of sp³-hybridized carbons (Fsp3) is 0.321. The van der Waals surface area contributed by atoms with Crippen LogP contribution in [0.1, 0.15) is 31.2 Å². The summed E-state index contributed by atoms with van der Waals surface area (Å²) in [6, 6.07) is 15.4. The maximum Gasteiger partial charge on any atom is 0.141 e. The highest BCUT2D eigenvalue weighted by molar-refractivity contribution is 6.32. The Morgan fingerprint density at radius 3 is 2.53 bits per heavy atom. The Hall–Kier alpha value is -3.29. The minimum absolute atomic E-state index is 0.185. The van der Waals surface area contributed by atoms with Crippen molar-refractivity contribution in [3.8, 4) is 22.8 Å². The summed E-state index contributed by atoms with van der Waals surface area (Å²) in [7, 11) is 3.20. The number of nitrogens with zero attached hydrogens (tertiary/aromatic N) is 2. The van der Waals surface area contributed by atoms with E-state index in [1.54, 1.807) is 32.4 Å². The van der Waals surface area contributed by atoms with E-state index in [4.69, 9.17) is 26.1 Å². The van der Waals surface area contributed by atoms with E-state index in [1.807, 2.05) is 28.9 Å². The van der Waals surface area contributed by atoms with E-state index in [1.165, 1.54) is 6.07 Å². The maximum absolute atomic E-state index is 13.4. The average molecular weight is 509 g/mol. The standard InChI is InChI=1S/C28H30ClFN4O2/c1-35-26-15-27(36-2)24(29)14-23(26)25-17-34-11-10-22(13-28(34)33-25)32-21-8-6-20(7-9-21)31-16-18-4-3-5-19(30)12-18/h3-5,10-15,17,20-21,31-32H,6-9,16H2,1-2H3. The number of aromatic nitrogens is 2. The van der Waals surface area contributed by atoms with E-state index in [-0.39, 0.29) is 5.82 Å². The molecule has 1 aliphatic rings. The molecule has 36 heavy (non-hydrogen) atoms. The van der Waals surface area contributed by atoms with E-state index < -0.39 is 0 Å². The van der Waals surface area contributed by atoms with Crippen molar-refractivity contribution in [2.24, 2.45) is 0 Å². The van der Waals surface area contributed by atoms with Gasteiger partial charge in [0.2, 0.25) is 0 Å². The lowest BCUT2D eigenvalue weighted by atomic mass is 9.91. The fourth-order valence-electron chi connectivity index (χ4n) is 4.85. The van der Waals surface area contributed by atoms with E-state index >= 15 is 0 Å². The number of benzene rings is 2. The number of halogens is 2. The molecule has 0 aliphatic heterocycles. The third-order valence-electron chi connectivity index (χ3n) is 6.79. The first kappa shape index (κ1) is 24.4. The molecular formula is C28H30ClFN4O2. The van der Waals surface area contributed by atoms with E-state index in [9.17, 15) is 4.39 Å². The molecular weight excluding hydrogens is 479 g/mol. The van der Waals surface area contributed by atoms with Crippen LogP contribution in [0.2, 0.25) is 5.02 Å². The van der Waals surface area contributed by atoms with Crippen molar-refractivity contribution in [2.75, 3.05) is 19.5 Å². The topological polar surface area (TPSA) is 59.8 Å². The number of anilines is 1. The smallest absolute Gasteiger partial charge is 0.141 e. The minimum Gasteiger partial charge on any atom is -0.496 e. The van der Waals surface area contributed by atoms with Gasteiger partial charge in [0.15, 0.2) is 0 Å². The second-order valence-corrected chi connectivity index (χ2v) is 9.60. The summed E-state index contributed by atoms with van der Waals surface area (Å²) < 4.78 is 26.2. The first-order valence-corrected chi connectivity index (χ1v) is 12.5. The Balaban J connectivity index is 1.22. The molecule has 8 heteroatoms. The van der Waals surface area contributed by atoms with Crippen molar-refractivity contribution in [1.82, 2.24) is 14.7 Å². The monoisotopic (exact) mass is 508 g/mol. The Morgan fingerprint density at radius 1 is 1.00 bits per heavy atom. The van der Waals surface area contributed by atoms with Gasteiger partial charge >= 0.3 is 0 Å². The molecule has 2 heterocycles. The molecule has 1 fully saturated rings. The van der Waals surface area contributed by atoms with Crippen LogP contribution in [0.3, 0.4) is 0 Å². The molecule has 0 spiro atoms. The van der Waals surface area contributed by atoms with Crippen molar-refractivity contribution in [3.63, 3.8) is 0 Å². The molecule has 6 nitrogen and oxygen atoms in total. The van der Waals surface area contributed by atoms with Gasteiger partial charge in [0.1, 0.15) is 23.0 Å². The van der Waals surface area contributed by atoms with Gasteiger partial charge in [0.05, 0.1) is 24.9 Å². The molecule has 0 saturated heterocycles. The molecule has 4 aromatic rings. The summed E-state index contributed by atoms with van der Waals surface area (Å²) in [5.41, 5.74) is 4.46. The second kappa shape index (κ2) is 10.8. The number of fused-ring (bicyclic) bond motifs is 1. The lowest BCUT2D eigenvalue weighted by Crippen LogP contribution is -2.36. The quantitative estimate of drug-likeness (QED) is 0.291. The molecule has 2 N–H and O–H groups in total. The van der Waals surface area contributed by atoms with Crippen LogP contribution in [0.15, 0.2) is 60.9 Å². The van der Waals surface area contributed by atoms with Gasteiger partial charge in [0, 0.05) is 54.4 Å². The molecule has 2 aromatic carbocycles. The Bertz CT molecular complexity index is 1350. The summed E-state index contributed by atoms with van der Waals surface area (Å²) in [6.45, 7) is 0.698. The predicted molar refractivity (Wildman–Crippen MR) is 142 cm³/mol. The highest BCUT2D eigenvalue weighted by atomic mass is 35.5. The van der Waals surface area contributed by atoms with Gasteiger partial charge in [-0.3, -0.25) is 0 Å². The lowest BCUT2D eigenvalue weighted by Gasteiger charge is -2.30. The number of methoxy groups -OCH3 is 2. The normalized spacial score (nSPS) is 17.8. The number of nitrogens with one attached hydrogen (secondary N) is 2. The van der Waals surface area contributed by atoms with Crippen LogP contribution in [-0.4, -0.2) is 35.7 Å². The van der Waals surface area contributed by atoms with Crippen molar-refractivity contribution in [3.05, 3.63) is 77.3 Å². The van der Waals surface area contributed by atoms with Crippen molar-refractivity contribution >= 4 is 22.9 Å². The van der Waals surface area contributed by atoms with Crippen LogP contribution >= 0.6 is 11.6 Å². The van der Waals surface area contributed by atoms with Crippen LogP contribution in [0.4, 0.5) is 10.1 Å². The number of hydrogen-bond donors (Lipinski definition) is 2. The average Bonchev–Trinajstić information content (AvgIpc) is 3.31. The van der Waals surface area contributed by atoms with E-state index in [0.29, 0.717) is 35.2 Å². The Kier molecular flexibility index (Phi) is 7.30. The zero-order valence-electron chi connectivity index (χ0n) is 20.4. The van der Waals surface area contributed by atoms with Gasteiger partial charge in [-0.05, 0) is 55.5 Å². The van der Waals surface area contributed by atoms with E-state index in [0.717, 1.165) is 53.8 Å². The highest BCUT2D eigenvalue weighted by Crippen LogP contribution is 2.38. The Labute approximate surface area is 215 Å². The maximum atomic E-state index is 13.4. The second-order valence-electron chi connectivity index (χ2n) is 9.20. The first-order valence-electron chi connectivity index (χ1n) is 12.2. The number of ether oxygens (including phenoxy) is 2. The van der Waals surface area contributed by atoms with Crippen LogP contribution in [0.5, 0.6) is 11.5 Å². The number of imidazole rings is 1. The molecule has 188 valence electrons.